The van der Waals surface area contributed by atoms with Gasteiger partial charge in [-0.25, -0.2) is 4.98 Å². The van der Waals surface area contributed by atoms with Crippen LogP contribution in [0.2, 0.25) is 0 Å². The topological polar surface area (TPSA) is 48.5 Å². The van der Waals surface area contributed by atoms with Crippen molar-refractivity contribution in [3.63, 3.8) is 0 Å². The van der Waals surface area contributed by atoms with Crippen LogP contribution in [0.25, 0.3) is 0 Å². The number of rotatable bonds is 6. The standard InChI is InChI=1S/C18H24N4OS/c1-21-7-9-22(10-8-21)17-4-2-16(12-19-17)13-20-18(23)5-3-15-6-11-24-14-15/h2,4,6,11-12,14H,3,5,7-10,13H2,1H3,(H,20,23). The van der Waals surface area contributed by atoms with Gasteiger partial charge in [0.2, 0.25) is 5.91 Å². The number of pyridine rings is 1. The Labute approximate surface area is 147 Å². The number of aromatic nitrogens is 1. The molecule has 0 aromatic carbocycles. The van der Waals surface area contributed by atoms with Crippen LogP contribution in [0.15, 0.2) is 35.2 Å². The molecule has 2 aromatic rings. The maximum atomic E-state index is 11.9. The highest BCUT2D eigenvalue weighted by atomic mass is 32.1. The number of nitrogens with zero attached hydrogens (tertiary/aromatic N) is 3. The summed E-state index contributed by atoms with van der Waals surface area (Å²) >= 11 is 1.67. The fourth-order valence-corrected chi connectivity index (χ4v) is 3.43. The maximum Gasteiger partial charge on any atom is 0.220 e. The molecular formula is C18H24N4OS. The normalized spacial score (nSPS) is 15.5. The van der Waals surface area contributed by atoms with E-state index in [0.717, 1.165) is 44.0 Å². The van der Waals surface area contributed by atoms with Crippen molar-refractivity contribution in [3.8, 4) is 0 Å². The molecule has 5 nitrogen and oxygen atoms in total. The van der Waals surface area contributed by atoms with E-state index in [1.54, 1.807) is 11.3 Å². The third-order valence-corrected chi connectivity index (χ3v) is 5.08. The zero-order valence-corrected chi connectivity index (χ0v) is 14.9. The minimum Gasteiger partial charge on any atom is -0.354 e. The first-order valence-electron chi connectivity index (χ1n) is 8.37. The lowest BCUT2D eigenvalue weighted by Gasteiger charge is -2.33. The summed E-state index contributed by atoms with van der Waals surface area (Å²) in [4.78, 5) is 21.1. The largest absolute Gasteiger partial charge is 0.354 e. The zero-order valence-electron chi connectivity index (χ0n) is 14.1. The Morgan fingerprint density at radius 2 is 2.04 bits per heavy atom. The Kier molecular flexibility index (Phi) is 5.82. The first-order valence-corrected chi connectivity index (χ1v) is 9.31. The number of nitrogens with one attached hydrogen (secondary N) is 1. The molecule has 24 heavy (non-hydrogen) atoms. The SMILES string of the molecule is CN1CCN(c2ccc(CNC(=O)CCc3ccsc3)cn2)CC1. The highest BCUT2D eigenvalue weighted by Gasteiger charge is 2.14. The van der Waals surface area contributed by atoms with E-state index in [9.17, 15) is 4.79 Å². The predicted molar refractivity (Wildman–Crippen MR) is 98.4 cm³/mol. The van der Waals surface area contributed by atoms with Crippen LogP contribution in [0.3, 0.4) is 0 Å². The molecule has 0 spiro atoms. The van der Waals surface area contributed by atoms with E-state index >= 15 is 0 Å². The number of amides is 1. The van der Waals surface area contributed by atoms with Crippen LogP contribution >= 0.6 is 11.3 Å². The lowest BCUT2D eigenvalue weighted by molar-refractivity contribution is -0.121. The Morgan fingerprint density at radius 1 is 1.21 bits per heavy atom. The Morgan fingerprint density at radius 3 is 2.71 bits per heavy atom. The summed E-state index contributed by atoms with van der Waals surface area (Å²) in [6.07, 6.45) is 3.20. The highest BCUT2D eigenvalue weighted by Crippen LogP contribution is 2.13. The van der Waals surface area contributed by atoms with Crippen LogP contribution < -0.4 is 10.2 Å². The lowest BCUT2D eigenvalue weighted by Crippen LogP contribution is -2.44. The van der Waals surface area contributed by atoms with Crippen molar-refractivity contribution in [2.45, 2.75) is 19.4 Å². The Hall–Kier alpha value is -1.92. The van der Waals surface area contributed by atoms with E-state index < -0.39 is 0 Å². The van der Waals surface area contributed by atoms with E-state index in [1.807, 2.05) is 11.6 Å². The first-order chi connectivity index (χ1) is 11.7. The van der Waals surface area contributed by atoms with Crippen LogP contribution in [0, 0.1) is 0 Å². The number of hydrogen-bond donors (Lipinski definition) is 1. The predicted octanol–water partition coefficient (Wildman–Crippen LogP) is 2.14. The van der Waals surface area contributed by atoms with E-state index in [4.69, 9.17) is 0 Å². The molecule has 0 saturated carbocycles. The molecule has 6 heteroatoms. The molecule has 0 unspecified atom stereocenters. The zero-order chi connectivity index (χ0) is 16.8. The second-order valence-corrected chi connectivity index (χ2v) is 7.00. The Bertz CT molecular complexity index is 634. The van der Waals surface area contributed by atoms with Gasteiger partial charge in [-0.3, -0.25) is 4.79 Å². The monoisotopic (exact) mass is 344 g/mol. The minimum atomic E-state index is 0.0874. The average Bonchev–Trinajstić information content (AvgIpc) is 3.13. The van der Waals surface area contributed by atoms with Crippen LogP contribution in [0.1, 0.15) is 17.5 Å². The molecule has 3 heterocycles. The molecule has 1 saturated heterocycles. The summed E-state index contributed by atoms with van der Waals surface area (Å²) in [5.74, 6) is 1.11. The molecule has 0 radical (unpaired) electrons. The summed E-state index contributed by atoms with van der Waals surface area (Å²) in [5.41, 5.74) is 2.27. The number of likely N-dealkylation sites (N-methyl/N-ethyl adjacent to an activating group) is 1. The number of aryl methyl sites for hydroxylation is 1. The summed E-state index contributed by atoms with van der Waals surface area (Å²) in [6, 6.07) is 6.18. The molecule has 1 N–H and O–H groups in total. The van der Waals surface area contributed by atoms with Gasteiger partial charge in [0.05, 0.1) is 0 Å². The summed E-state index contributed by atoms with van der Waals surface area (Å²) in [6.45, 7) is 4.72. The third-order valence-electron chi connectivity index (χ3n) is 4.35. The molecule has 1 aliphatic rings. The van der Waals surface area contributed by atoms with Gasteiger partial charge in [0.15, 0.2) is 0 Å². The molecule has 128 valence electrons. The lowest BCUT2D eigenvalue weighted by atomic mass is 10.2. The molecule has 1 amide bonds. The van der Waals surface area contributed by atoms with Gasteiger partial charge in [-0.1, -0.05) is 6.07 Å². The van der Waals surface area contributed by atoms with Crippen molar-refractivity contribution in [3.05, 3.63) is 46.3 Å². The van der Waals surface area contributed by atoms with E-state index in [0.29, 0.717) is 13.0 Å². The summed E-state index contributed by atoms with van der Waals surface area (Å²) in [7, 11) is 2.15. The summed E-state index contributed by atoms with van der Waals surface area (Å²) < 4.78 is 0. The van der Waals surface area contributed by atoms with Crippen molar-refractivity contribution < 1.29 is 4.79 Å². The minimum absolute atomic E-state index is 0.0874. The molecule has 2 aromatic heterocycles. The first kappa shape index (κ1) is 16.9. The third kappa shape index (κ3) is 4.79. The van der Waals surface area contributed by atoms with Gasteiger partial charge in [0, 0.05) is 45.3 Å². The molecule has 1 aliphatic heterocycles. The highest BCUT2D eigenvalue weighted by molar-refractivity contribution is 7.07. The maximum absolute atomic E-state index is 11.9. The van der Waals surface area contributed by atoms with Crippen molar-refractivity contribution in [2.75, 3.05) is 38.1 Å². The molecule has 0 bridgehead atoms. The van der Waals surface area contributed by atoms with Crippen molar-refractivity contribution >= 4 is 23.1 Å². The van der Waals surface area contributed by atoms with Crippen LogP contribution in [-0.4, -0.2) is 49.0 Å². The number of hydrogen-bond acceptors (Lipinski definition) is 5. The smallest absolute Gasteiger partial charge is 0.220 e. The van der Waals surface area contributed by atoms with E-state index in [1.165, 1.54) is 5.56 Å². The fraction of sp³-hybridized carbons (Fsp3) is 0.444. The number of carbonyl (C=O) groups excluding carboxylic acids is 1. The van der Waals surface area contributed by atoms with Crippen molar-refractivity contribution in [1.29, 1.82) is 0 Å². The van der Waals surface area contributed by atoms with Gasteiger partial charge >= 0.3 is 0 Å². The van der Waals surface area contributed by atoms with Crippen molar-refractivity contribution in [2.24, 2.45) is 0 Å². The van der Waals surface area contributed by atoms with E-state index in [-0.39, 0.29) is 5.91 Å². The van der Waals surface area contributed by atoms with Gasteiger partial charge in [0.25, 0.3) is 0 Å². The van der Waals surface area contributed by atoms with Gasteiger partial charge in [-0.2, -0.15) is 11.3 Å². The van der Waals surface area contributed by atoms with Gasteiger partial charge < -0.3 is 15.1 Å². The second kappa shape index (κ2) is 8.26. The second-order valence-electron chi connectivity index (χ2n) is 6.22. The van der Waals surface area contributed by atoms with E-state index in [2.05, 4.69) is 50.7 Å². The fourth-order valence-electron chi connectivity index (χ4n) is 2.73. The van der Waals surface area contributed by atoms with Gasteiger partial charge in [-0.05, 0) is 47.5 Å². The molecule has 3 rings (SSSR count). The molecular weight excluding hydrogens is 320 g/mol. The van der Waals surface area contributed by atoms with Crippen LogP contribution in [-0.2, 0) is 17.8 Å². The number of thiophene rings is 1. The molecule has 0 aliphatic carbocycles. The van der Waals surface area contributed by atoms with Gasteiger partial charge in [-0.15, -0.1) is 0 Å². The molecule has 0 atom stereocenters. The van der Waals surface area contributed by atoms with Gasteiger partial charge in [0.1, 0.15) is 5.82 Å². The number of piperazine rings is 1. The average molecular weight is 344 g/mol. The van der Waals surface area contributed by atoms with Crippen molar-refractivity contribution in [1.82, 2.24) is 15.2 Å². The van der Waals surface area contributed by atoms with Crippen LogP contribution in [0.5, 0.6) is 0 Å². The summed E-state index contributed by atoms with van der Waals surface area (Å²) in [5, 5.41) is 7.10. The number of anilines is 1. The van der Waals surface area contributed by atoms with Crippen LogP contribution in [0.4, 0.5) is 5.82 Å². The molecule has 1 fully saturated rings. The quantitative estimate of drug-likeness (QED) is 0.872. The number of carbonyl (C=O) groups is 1. The Balaban J connectivity index is 1.43.